The van der Waals surface area contributed by atoms with Crippen LogP contribution in [0.4, 0.5) is 14.5 Å². The lowest BCUT2D eigenvalue weighted by Gasteiger charge is -2.31. The number of amides is 1. The molecule has 1 saturated carbocycles. The van der Waals surface area contributed by atoms with Crippen molar-refractivity contribution in [3.8, 4) is 0 Å². The molecule has 0 spiro atoms. The summed E-state index contributed by atoms with van der Waals surface area (Å²) in [4.78, 5) is 21.1. The number of carbonyl (C=O) groups is 1. The topological polar surface area (TPSA) is 95.7 Å². The number of alkyl halides is 2. The molecule has 7 nitrogen and oxygen atoms in total. The van der Waals surface area contributed by atoms with Crippen LogP contribution >= 0.6 is 9.24 Å². The fourth-order valence-electron chi connectivity index (χ4n) is 4.39. The molecule has 2 heterocycles. The van der Waals surface area contributed by atoms with Crippen LogP contribution in [-0.2, 0) is 5.66 Å². The highest BCUT2D eigenvalue weighted by molar-refractivity contribution is 7.17. The van der Waals surface area contributed by atoms with Gasteiger partial charge in [-0.3, -0.25) is 10.2 Å². The molecule has 1 atom stereocenters. The molecule has 3 N–H and O–H groups in total. The molecule has 1 amide bonds. The quantitative estimate of drug-likeness (QED) is 0.384. The average Bonchev–Trinajstić information content (AvgIpc) is 2.78. The van der Waals surface area contributed by atoms with Crippen molar-refractivity contribution < 1.29 is 13.6 Å². The second-order valence-corrected chi connectivity index (χ2v) is 9.77. The Morgan fingerprint density at radius 2 is 1.88 bits per heavy atom. The minimum Gasteiger partial charge on any atom is -0.382 e. The van der Waals surface area contributed by atoms with E-state index in [1.165, 1.54) is 12.4 Å². The van der Waals surface area contributed by atoms with Crippen molar-refractivity contribution in [3.63, 3.8) is 0 Å². The summed E-state index contributed by atoms with van der Waals surface area (Å²) in [7, 11) is 3.27. The Morgan fingerprint density at radius 1 is 1.21 bits per heavy atom. The number of anilines is 1. The molecule has 1 unspecified atom stereocenters. The molecule has 0 aliphatic heterocycles. The van der Waals surface area contributed by atoms with E-state index < -0.39 is 5.66 Å². The smallest absolute Gasteiger partial charge is 0.300 e. The van der Waals surface area contributed by atoms with Gasteiger partial charge in [-0.25, -0.2) is 9.97 Å². The van der Waals surface area contributed by atoms with Crippen LogP contribution in [0.1, 0.15) is 53.0 Å². The maximum Gasteiger partial charge on any atom is 0.300 e. The summed E-state index contributed by atoms with van der Waals surface area (Å²) in [5.41, 5.74) is -0.124. The van der Waals surface area contributed by atoms with Gasteiger partial charge in [0.15, 0.2) is 0 Å². The molecule has 1 aliphatic rings. The van der Waals surface area contributed by atoms with E-state index in [2.05, 4.69) is 20.6 Å². The lowest BCUT2D eigenvalue weighted by atomic mass is 9.90. The Bertz CT molecular complexity index is 1300. The maximum atomic E-state index is 14.0. The first-order valence-corrected chi connectivity index (χ1v) is 11.8. The number of carbonyl (C=O) groups excluding carboxylic acids is 1. The summed E-state index contributed by atoms with van der Waals surface area (Å²) in [5.74, 6) is -0.272. The number of fused-ring (bicyclic) bond motifs is 1. The molecule has 2 aromatic heterocycles. The molecule has 0 saturated heterocycles. The predicted molar refractivity (Wildman–Crippen MR) is 134 cm³/mol. The van der Waals surface area contributed by atoms with Gasteiger partial charge in [-0.1, -0.05) is 20.9 Å². The third-order valence-electron chi connectivity index (χ3n) is 6.37. The van der Waals surface area contributed by atoms with Gasteiger partial charge in [0.25, 0.3) is 11.6 Å². The predicted octanol–water partition coefficient (Wildman–Crippen LogP) is 3.00. The molecule has 1 aromatic carbocycles. The zero-order chi connectivity index (χ0) is 24.6. The third-order valence-corrected chi connectivity index (χ3v) is 6.66. The fourth-order valence-corrected chi connectivity index (χ4v) is 4.54. The number of halogens is 2. The fraction of sp³-hybridized carbons (Fsp3) is 0.391. The van der Waals surface area contributed by atoms with Crippen molar-refractivity contribution in [1.82, 2.24) is 19.8 Å². The summed E-state index contributed by atoms with van der Waals surface area (Å²) < 4.78 is 29.6. The molecule has 1 fully saturated rings. The third kappa shape index (κ3) is 5.12. The van der Waals surface area contributed by atoms with Gasteiger partial charge < -0.3 is 15.1 Å². The molecular formula is C23H28BF2N6OP. The molecule has 1 aliphatic carbocycles. The first kappa shape index (κ1) is 24.3. The van der Waals surface area contributed by atoms with E-state index in [4.69, 9.17) is 5.41 Å². The van der Waals surface area contributed by atoms with Crippen LogP contribution in [0.25, 0.3) is 10.9 Å². The minimum atomic E-state index is -3.11. The molecule has 0 bridgehead atoms. The highest BCUT2D eigenvalue weighted by Crippen LogP contribution is 2.37. The summed E-state index contributed by atoms with van der Waals surface area (Å²) in [6, 6.07) is 7.12. The largest absolute Gasteiger partial charge is 0.382 e. The number of pyridine rings is 1. The van der Waals surface area contributed by atoms with E-state index in [0.29, 0.717) is 16.8 Å². The van der Waals surface area contributed by atoms with E-state index in [1.807, 2.05) is 19.1 Å². The van der Waals surface area contributed by atoms with E-state index in [1.54, 1.807) is 34.7 Å². The first-order chi connectivity index (χ1) is 16.0. The number of hydrogen-bond acceptors (Lipinski definition) is 5. The Hall–Kier alpha value is -2.87. The number of nitrogens with one attached hydrogen (secondary N) is 3. The Morgan fingerprint density at radius 3 is 2.56 bits per heavy atom. The first-order valence-electron chi connectivity index (χ1n) is 11.3. The van der Waals surface area contributed by atoms with Gasteiger partial charge in [-0.15, -0.1) is 0 Å². The lowest BCUT2D eigenvalue weighted by molar-refractivity contribution is 0.0920. The Balaban J connectivity index is 1.45. The van der Waals surface area contributed by atoms with Crippen molar-refractivity contribution in [3.05, 3.63) is 58.6 Å². The van der Waals surface area contributed by atoms with Gasteiger partial charge >= 0.3 is 0 Å². The standard InChI is InChI=1S/C23H28BF2N6OP/c1-12-3-8-17-16(9-12)18(10-19(31-17)23(25,26)34)29-14-4-6-15(7-5-14)30-22(33)20-13(2)21(27)32(24)11-28-20/h3,8-11,14-15,27H,4-7,24,34H2,1-2H3,(H,29,31)(H,30,33). The van der Waals surface area contributed by atoms with Crippen molar-refractivity contribution in [2.24, 2.45) is 0 Å². The number of rotatable bonds is 5. The summed E-state index contributed by atoms with van der Waals surface area (Å²) >= 11 is 0. The number of aryl methyl sites for hydroxylation is 1. The van der Waals surface area contributed by atoms with Gasteiger partial charge in [0.05, 0.1) is 11.8 Å². The second-order valence-electron chi connectivity index (χ2n) is 9.04. The van der Waals surface area contributed by atoms with Gasteiger partial charge in [0, 0.05) is 28.7 Å². The monoisotopic (exact) mass is 484 g/mol. The van der Waals surface area contributed by atoms with Crippen molar-refractivity contribution >= 4 is 39.7 Å². The minimum absolute atomic E-state index is 0.00162. The van der Waals surface area contributed by atoms with E-state index in [0.717, 1.165) is 36.6 Å². The number of nitrogens with zero attached hydrogens (tertiary/aromatic N) is 3. The lowest BCUT2D eigenvalue weighted by Crippen LogP contribution is -2.41. The number of aromatic nitrogens is 3. The second kappa shape index (κ2) is 9.41. The molecule has 11 heteroatoms. The highest BCUT2D eigenvalue weighted by Gasteiger charge is 2.29. The van der Waals surface area contributed by atoms with Crippen molar-refractivity contribution in [1.29, 1.82) is 5.41 Å². The van der Waals surface area contributed by atoms with Crippen LogP contribution in [0.3, 0.4) is 0 Å². The average molecular weight is 484 g/mol. The van der Waals surface area contributed by atoms with E-state index in [-0.39, 0.29) is 34.9 Å². The summed E-state index contributed by atoms with van der Waals surface area (Å²) in [6.07, 6.45) is 4.55. The molecule has 4 rings (SSSR count). The van der Waals surface area contributed by atoms with Crippen LogP contribution < -0.4 is 16.1 Å². The van der Waals surface area contributed by atoms with Crippen LogP contribution in [0.5, 0.6) is 0 Å². The Labute approximate surface area is 199 Å². The summed E-state index contributed by atoms with van der Waals surface area (Å²) in [5, 5.41) is 15.4. The summed E-state index contributed by atoms with van der Waals surface area (Å²) in [6.45, 7) is 3.68. The zero-order valence-electron chi connectivity index (χ0n) is 19.5. The van der Waals surface area contributed by atoms with Gasteiger partial charge in [0.2, 0.25) is 7.98 Å². The molecule has 34 heavy (non-hydrogen) atoms. The molecular weight excluding hydrogens is 456 g/mol. The number of hydrogen-bond donors (Lipinski definition) is 3. The zero-order valence-corrected chi connectivity index (χ0v) is 20.6. The Kier molecular flexibility index (Phi) is 6.72. The van der Waals surface area contributed by atoms with Gasteiger partial charge in [-0.2, -0.15) is 8.78 Å². The van der Waals surface area contributed by atoms with Crippen LogP contribution in [0.15, 0.2) is 30.6 Å². The molecule has 178 valence electrons. The molecule has 0 radical (unpaired) electrons. The normalized spacial score (nSPS) is 18.6. The maximum absolute atomic E-state index is 14.0. The van der Waals surface area contributed by atoms with Crippen molar-refractivity contribution in [2.45, 2.75) is 57.3 Å². The number of benzene rings is 1. The van der Waals surface area contributed by atoms with Gasteiger partial charge in [-0.05, 0) is 57.7 Å². The van der Waals surface area contributed by atoms with Crippen molar-refractivity contribution in [2.75, 3.05) is 5.32 Å². The van der Waals surface area contributed by atoms with E-state index >= 15 is 0 Å². The molecule has 3 aromatic rings. The van der Waals surface area contributed by atoms with E-state index in [9.17, 15) is 13.6 Å². The highest BCUT2D eigenvalue weighted by atomic mass is 31.0. The van der Waals surface area contributed by atoms with Crippen LogP contribution in [0.2, 0.25) is 0 Å². The van der Waals surface area contributed by atoms with Crippen LogP contribution in [0, 0.1) is 19.3 Å². The van der Waals surface area contributed by atoms with Crippen LogP contribution in [-0.4, -0.2) is 40.4 Å². The SMILES string of the molecule is Bn1cnc(C(=O)NC2CCC(Nc3cc(C(F)(F)P)nc4ccc(C)cc34)CC2)c(C)c1=N. The van der Waals surface area contributed by atoms with Gasteiger partial charge in [0.1, 0.15) is 16.9 Å².